The maximum absolute atomic E-state index is 12.7. The Balaban J connectivity index is 1.86. The average Bonchev–Trinajstić information content (AvgIpc) is 2.93. The zero-order chi connectivity index (χ0) is 17.6. The lowest BCUT2D eigenvalue weighted by Crippen LogP contribution is -2.25. The Morgan fingerprint density at radius 1 is 1.12 bits per heavy atom. The second kappa shape index (κ2) is 6.16. The van der Waals surface area contributed by atoms with Gasteiger partial charge in [0.15, 0.2) is 13.8 Å². The van der Waals surface area contributed by atoms with Crippen LogP contribution in [0, 0.1) is 3.95 Å². The van der Waals surface area contributed by atoms with Crippen molar-refractivity contribution >= 4 is 44.2 Å². The largest absolute Gasteiger partial charge is 0.287 e. The van der Waals surface area contributed by atoms with Crippen LogP contribution in [-0.2, 0) is 9.84 Å². The highest BCUT2D eigenvalue weighted by Gasteiger charge is 2.30. The van der Waals surface area contributed by atoms with Crippen LogP contribution in [0.25, 0.3) is 21.2 Å². The first-order chi connectivity index (χ1) is 11.9. The van der Waals surface area contributed by atoms with Crippen molar-refractivity contribution in [1.29, 1.82) is 0 Å². The first-order valence-corrected chi connectivity index (χ1v) is 10.9. The number of rotatable bonds is 2. The summed E-state index contributed by atoms with van der Waals surface area (Å²) in [5.41, 5.74) is 0.742. The number of nitrogens with zero attached hydrogens (tertiary/aromatic N) is 1. The van der Waals surface area contributed by atoms with Gasteiger partial charge in [-0.3, -0.25) is 9.36 Å². The molecule has 0 amide bonds. The molecule has 2 heterocycles. The van der Waals surface area contributed by atoms with Crippen molar-refractivity contribution < 1.29 is 8.42 Å². The van der Waals surface area contributed by atoms with Crippen molar-refractivity contribution in [2.45, 2.75) is 12.5 Å². The van der Waals surface area contributed by atoms with Gasteiger partial charge < -0.3 is 0 Å². The summed E-state index contributed by atoms with van der Waals surface area (Å²) >= 11 is 6.80. The number of fused-ring (bicyclic) bond motifs is 1. The monoisotopic (exact) mass is 389 g/mol. The molecule has 1 fully saturated rings. The normalized spacial score (nSPS) is 19.3. The minimum absolute atomic E-state index is 0.00309. The molecule has 1 unspecified atom stereocenters. The first kappa shape index (κ1) is 16.6. The van der Waals surface area contributed by atoms with Gasteiger partial charge in [0.05, 0.1) is 17.5 Å². The topological polar surface area (TPSA) is 56.1 Å². The third kappa shape index (κ3) is 3.07. The van der Waals surface area contributed by atoms with Crippen LogP contribution in [0.4, 0.5) is 0 Å². The van der Waals surface area contributed by atoms with Crippen molar-refractivity contribution in [3.63, 3.8) is 0 Å². The smallest absolute Gasteiger partial charge is 0.253 e. The molecular weight excluding hydrogens is 374 g/mol. The van der Waals surface area contributed by atoms with E-state index in [-0.39, 0.29) is 23.1 Å². The molecule has 1 aromatic heterocycles. The summed E-state index contributed by atoms with van der Waals surface area (Å²) in [5, 5.41) is 2.17. The Bertz CT molecular complexity index is 1160. The van der Waals surface area contributed by atoms with E-state index in [4.69, 9.17) is 12.2 Å². The average molecular weight is 390 g/mol. The molecule has 0 bridgehead atoms. The summed E-state index contributed by atoms with van der Waals surface area (Å²) in [7, 11) is -3.07. The van der Waals surface area contributed by atoms with Crippen molar-refractivity contribution in [1.82, 2.24) is 4.57 Å². The van der Waals surface area contributed by atoms with Gasteiger partial charge in [0.1, 0.15) is 0 Å². The fraction of sp³-hybridized carbons (Fsp3) is 0.222. The number of hydrogen-bond donors (Lipinski definition) is 0. The predicted molar refractivity (Wildman–Crippen MR) is 105 cm³/mol. The van der Waals surface area contributed by atoms with Crippen LogP contribution in [0.1, 0.15) is 12.5 Å². The standard InChI is InChI=1S/C18H15NO3S3/c20-17-10-16(15-7-3-5-12-4-1-2-6-14(12)15)24-18(23)19(17)13-8-9-25(21,22)11-13/h1-7,10,13H,8-9,11H2. The lowest BCUT2D eigenvalue weighted by molar-refractivity contribution is 0.538. The van der Waals surface area contributed by atoms with Crippen LogP contribution < -0.4 is 5.56 Å². The van der Waals surface area contributed by atoms with Crippen LogP contribution in [0.2, 0.25) is 0 Å². The zero-order valence-electron chi connectivity index (χ0n) is 13.2. The molecule has 4 rings (SSSR count). The van der Waals surface area contributed by atoms with Crippen molar-refractivity contribution in [3.8, 4) is 10.4 Å². The highest BCUT2D eigenvalue weighted by atomic mass is 32.2. The highest BCUT2D eigenvalue weighted by molar-refractivity contribution is 7.91. The van der Waals surface area contributed by atoms with Gasteiger partial charge in [0.25, 0.3) is 5.56 Å². The molecule has 2 aromatic carbocycles. The lowest BCUT2D eigenvalue weighted by Gasteiger charge is -2.13. The predicted octanol–water partition coefficient (Wildman–Crippen LogP) is 3.82. The number of hydrogen-bond acceptors (Lipinski definition) is 5. The zero-order valence-corrected chi connectivity index (χ0v) is 15.7. The molecule has 7 heteroatoms. The molecule has 1 atom stereocenters. The molecule has 4 nitrogen and oxygen atoms in total. The summed E-state index contributed by atoms with van der Waals surface area (Å²) in [4.78, 5) is 13.5. The molecule has 0 aliphatic carbocycles. The minimum atomic E-state index is -3.07. The van der Waals surface area contributed by atoms with Crippen LogP contribution in [0.5, 0.6) is 0 Å². The second-order valence-electron chi connectivity index (χ2n) is 6.17. The van der Waals surface area contributed by atoms with Gasteiger partial charge in [-0.15, -0.1) is 11.3 Å². The van der Waals surface area contributed by atoms with Gasteiger partial charge in [-0.2, -0.15) is 0 Å². The Hall–Kier alpha value is -1.83. The first-order valence-electron chi connectivity index (χ1n) is 7.90. The van der Waals surface area contributed by atoms with Gasteiger partial charge in [0.2, 0.25) is 0 Å². The maximum Gasteiger partial charge on any atom is 0.253 e. The van der Waals surface area contributed by atoms with Crippen LogP contribution in [0.15, 0.2) is 53.3 Å². The molecule has 0 saturated carbocycles. The summed E-state index contributed by atoms with van der Waals surface area (Å²) in [5.74, 6) is 0.117. The minimum Gasteiger partial charge on any atom is -0.287 e. The van der Waals surface area contributed by atoms with E-state index in [1.54, 1.807) is 6.07 Å². The molecule has 0 N–H and O–H groups in total. The molecule has 1 saturated heterocycles. The number of sulfone groups is 1. The van der Waals surface area contributed by atoms with Gasteiger partial charge in [-0.1, -0.05) is 42.5 Å². The van der Waals surface area contributed by atoms with E-state index in [2.05, 4.69) is 0 Å². The van der Waals surface area contributed by atoms with Gasteiger partial charge >= 0.3 is 0 Å². The Morgan fingerprint density at radius 3 is 2.60 bits per heavy atom. The molecular formula is C18H15NO3S3. The second-order valence-corrected chi connectivity index (χ2v) is 10.1. The van der Waals surface area contributed by atoms with E-state index in [9.17, 15) is 13.2 Å². The van der Waals surface area contributed by atoms with Gasteiger partial charge in [-0.05, 0) is 35.0 Å². The molecule has 1 aliphatic rings. The fourth-order valence-corrected chi connectivity index (χ4v) is 6.51. The Labute approximate surface area is 154 Å². The molecule has 3 aromatic rings. The molecule has 1 aliphatic heterocycles. The third-order valence-corrected chi connectivity index (χ3v) is 7.64. The van der Waals surface area contributed by atoms with E-state index in [1.807, 2.05) is 42.5 Å². The summed E-state index contributed by atoms with van der Waals surface area (Å²) < 4.78 is 25.4. The van der Waals surface area contributed by atoms with E-state index in [1.165, 1.54) is 15.9 Å². The number of benzene rings is 2. The van der Waals surface area contributed by atoms with E-state index < -0.39 is 9.84 Å². The van der Waals surface area contributed by atoms with Crippen molar-refractivity contribution in [3.05, 3.63) is 62.8 Å². The van der Waals surface area contributed by atoms with E-state index in [0.29, 0.717) is 10.4 Å². The van der Waals surface area contributed by atoms with Crippen LogP contribution >= 0.6 is 23.6 Å². The quantitative estimate of drug-likeness (QED) is 0.625. The summed E-state index contributed by atoms with van der Waals surface area (Å²) in [6.07, 6.45) is 0.451. The molecule has 0 radical (unpaired) electrons. The number of aromatic nitrogens is 1. The summed E-state index contributed by atoms with van der Waals surface area (Å²) in [6, 6.07) is 15.2. The molecule has 25 heavy (non-hydrogen) atoms. The molecule has 128 valence electrons. The van der Waals surface area contributed by atoms with Crippen molar-refractivity contribution in [2.24, 2.45) is 0 Å². The van der Waals surface area contributed by atoms with Crippen LogP contribution in [0.3, 0.4) is 0 Å². The van der Waals surface area contributed by atoms with Gasteiger partial charge in [0, 0.05) is 10.9 Å². The maximum atomic E-state index is 12.7. The Morgan fingerprint density at radius 2 is 1.88 bits per heavy atom. The summed E-state index contributed by atoms with van der Waals surface area (Å²) in [6.45, 7) is 0. The highest BCUT2D eigenvalue weighted by Crippen LogP contribution is 2.32. The lowest BCUT2D eigenvalue weighted by atomic mass is 10.0. The van der Waals surface area contributed by atoms with Crippen molar-refractivity contribution in [2.75, 3.05) is 11.5 Å². The fourth-order valence-electron chi connectivity index (χ4n) is 3.33. The third-order valence-electron chi connectivity index (χ3n) is 4.51. The SMILES string of the molecule is O=c1cc(-c2cccc3ccccc23)sc(=S)n1C1CCS(=O)(=O)C1. The Kier molecular flexibility index (Phi) is 4.10. The van der Waals surface area contributed by atoms with Gasteiger partial charge in [-0.25, -0.2) is 8.42 Å². The van der Waals surface area contributed by atoms with E-state index >= 15 is 0 Å². The van der Waals surface area contributed by atoms with E-state index in [0.717, 1.165) is 21.2 Å². The molecule has 0 spiro atoms. The van der Waals surface area contributed by atoms with Crippen LogP contribution in [-0.4, -0.2) is 24.5 Å².